The van der Waals surface area contributed by atoms with Crippen LogP contribution in [-0.2, 0) is 14.3 Å². The van der Waals surface area contributed by atoms with Gasteiger partial charge in [0.25, 0.3) is 0 Å². The molecule has 2 aliphatic heterocycles. The summed E-state index contributed by atoms with van der Waals surface area (Å²) >= 11 is 0. The van der Waals surface area contributed by atoms with Crippen molar-refractivity contribution in [1.29, 1.82) is 5.26 Å². The Bertz CT molecular complexity index is 663. The second kappa shape index (κ2) is 10.6. The molecule has 166 valence electrons. The quantitative estimate of drug-likeness (QED) is 0.711. The van der Waals surface area contributed by atoms with Gasteiger partial charge in [-0.3, -0.25) is 9.59 Å². The molecule has 2 saturated heterocycles. The summed E-state index contributed by atoms with van der Waals surface area (Å²) in [6.07, 6.45) is 4.72. The van der Waals surface area contributed by atoms with Gasteiger partial charge in [-0.05, 0) is 45.4 Å². The molecule has 1 N–H and O–H groups in total. The predicted molar refractivity (Wildman–Crippen MR) is 109 cm³/mol. The second-order valence-electron chi connectivity index (χ2n) is 8.31. The third-order valence-corrected chi connectivity index (χ3v) is 6.46. The minimum Gasteiger partial charge on any atom is -0.450 e. The first-order valence-corrected chi connectivity index (χ1v) is 11.2. The van der Waals surface area contributed by atoms with E-state index in [-0.39, 0.29) is 42.5 Å². The van der Waals surface area contributed by atoms with Crippen LogP contribution in [0.3, 0.4) is 0 Å². The average molecular weight is 420 g/mol. The van der Waals surface area contributed by atoms with Gasteiger partial charge in [-0.15, -0.1) is 0 Å². The van der Waals surface area contributed by atoms with E-state index in [2.05, 4.69) is 11.4 Å². The Morgan fingerprint density at radius 1 is 1.00 bits per heavy atom. The maximum absolute atomic E-state index is 12.9. The van der Waals surface area contributed by atoms with Gasteiger partial charge in [0.05, 0.1) is 19.2 Å². The first kappa shape index (κ1) is 22.3. The summed E-state index contributed by atoms with van der Waals surface area (Å²) in [4.78, 5) is 42.2. The number of carbonyl (C=O) groups is 3. The Morgan fingerprint density at radius 2 is 1.67 bits per heavy atom. The molecule has 1 atom stereocenters. The van der Waals surface area contributed by atoms with Crippen LogP contribution in [0.5, 0.6) is 0 Å². The van der Waals surface area contributed by atoms with Gasteiger partial charge in [0.2, 0.25) is 11.8 Å². The van der Waals surface area contributed by atoms with Crippen LogP contribution < -0.4 is 5.32 Å². The van der Waals surface area contributed by atoms with Crippen molar-refractivity contribution in [3.8, 4) is 6.07 Å². The van der Waals surface area contributed by atoms with Crippen LogP contribution >= 0.6 is 0 Å². The normalized spacial score (nSPS) is 26.9. The SMILES string of the molecule is CCOC(=O)N1CCN(C(=O)C2CCC(NCC(=O)N3CCC[C@H]3C#N)CC2)CC1. The zero-order valence-electron chi connectivity index (χ0n) is 17.8. The zero-order valence-corrected chi connectivity index (χ0v) is 17.8. The van der Waals surface area contributed by atoms with Crippen LogP contribution in [0.2, 0.25) is 0 Å². The van der Waals surface area contributed by atoms with Crippen molar-refractivity contribution in [2.75, 3.05) is 45.9 Å². The molecule has 3 fully saturated rings. The molecule has 1 aliphatic carbocycles. The Kier molecular flexibility index (Phi) is 7.91. The van der Waals surface area contributed by atoms with Crippen molar-refractivity contribution >= 4 is 17.9 Å². The lowest BCUT2D eigenvalue weighted by molar-refractivity contribution is -0.138. The summed E-state index contributed by atoms with van der Waals surface area (Å²) in [7, 11) is 0. The number of nitriles is 1. The number of amides is 3. The summed E-state index contributed by atoms with van der Waals surface area (Å²) < 4.78 is 5.02. The van der Waals surface area contributed by atoms with Crippen LogP contribution in [-0.4, -0.2) is 90.6 Å². The molecule has 3 rings (SSSR count). The van der Waals surface area contributed by atoms with Crippen LogP contribution in [0.15, 0.2) is 0 Å². The monoisotopic (exact) mass is 419 g/mol. The molecule has 0 spiro atoms. The Labute approximate surface area is 178 Å². The van der Waals surface area contributed by atoms with E-state index < -0.39 is 0 Å². The largest absolute Gasteiger partial charge is 0.450 e. The van der Waals surface area contributed by atoms with Crippen LogP contribution in [0.1, 0.15) is 45.4 Å². The summed E-state index contributed by atoms with van der Waals surface area (Å²) in [6, 6.07) is 2.16. The van der Waals surface area contributed by atoms with Crippen molar-refractivity contribution in [2.45, 2.75) is 57.5 Å². The predicted octanol–water partition coefficient (Wildman–Crippen LogP) is 0.950. The lowest BCUT2D eigenvalue weighted by atomic mass is 9.85. The van der Waals surface area contributed by atoms with Crippen LogP contribution in [0.4, 0.5) is 4.79 Å². The summed E-state index contributed by atoms with van der Waals surface area (Å²) in [5, 5.41) is 12.5. The van der Waals surface area contributed by atoms with Gasteiger partial charge in [-0.25, -0.2) is 4.79 Å². The molecule has 9 nitrogen and oxygen atoms in total. The van der Waals surface area contributed by atoms with Crippen molar-refractivity contribution in [3.05, 3.63) is 0 Å². The Hall–Kier alpha value is -2.34. The fraction of sp³-hybridized carbons (Fsp3) is 0.810. The molecule has 1 saturated carbocycles. The molecule has 0 aromatic rings. The number of nitrogens with one attached hydrogen (secondary N) is 1. The first-order chi connectivity index (χ1) is 14.5. The van der Waals surface area contributed by atoms with Crippen molar-refractivity contribution in [1.82, 2.24) is 20.0 Å². The van der Waals surface area contributed by atoms with Gasteiger partial charge in [0, 0.05) is 44.7 Å². The number of carbonyl (C=O) groups excluding carboxylic acids is 3. The summed E-state index contributed by atoms with van der Waals surface area (Å²) in [5.74, 6) is 0.202. The van der Waals surface area contributed by atoms with Gasteiger partial charge >= 0.3 is 6.09 Å². The molecule has 9 heteroatoms. The van der Waals surface area contributed by atoms with Crippen molar-refractivity contribution in [2.24, 2.45) is 5.92 Å². The van der Waals surface area contributed by atoms with Crippen molar-refractivity contribution in [3.63, 3.8) is 0 Å². The van der Waals surface area contributed by atoms with E-state index in [1.165, 1.54) is 0 Å². The molecular weight excluding hydrogens is 386 g/mol. The molecule has 30 heavy (non-hydrogen) atoms. The lowest BCUT2D eigenvalue weighted by Crippen LogP contribution is -2.52. The maximum atomic E-state index is 12.9. The fourth-order valence-electron chi connectivity index (χ4n) is 4.66. The van der Waals surface area contributed by atoms with Gasteiger partial charge in [-0.2, -0.15) is 5.26 Å². The molecule has 0 unspecified atom stereocenters. The number of hydrogen-bond donors (Lipinski definition) is 1. The zero-order chi connectivity index (χ0) is 21.5. The highest BCUT2D eigenvalue weighted by Crippen LogP contribution is 2.26. The molecule has 3 amide bonds. The number of ether oxygens (including phenoxy) is 1. The van der Waals surface area contributed by atoms with Gasteiger partial charge in [0.1, 0.15) is 6.04 Å². The third kappa shape index (κ3) is 5.42. The highest BCUT2D eigenvalue weighted by molar-refractivity contribution is 5.80. The van der Waals surface area contributed by atoms with Crippen LogP contribution in [0.25, 0.3) is 0 Å². The molecule has 3 aliphatic rings. The topological polar surface area (TPSA) is 106 Å². The van der Waals surface area contributed by atoms with Crippen molar-refractivity contribution < 1.29 is 19.1 Å². The van der Waals surface area contributed by atoms with Gasteiger partial charge in [-0.1, -0.05) is 0 Å². The standard InChI is InChI=1S/C21H33N5O4/c1-2-30-21(29)25-12-10-24(11-13-25)20(28)16-5-7-17(8-6-16)23-15-19(27)26-9-3-4-18(26)14-22/h16-18,23H,2-13,15H2,1H3/t16?,17?,18-/m0/s1. The molecule has 0 radical (unpaired) electrons. The highest BCUT2D eigenvalue weighted by atomic mass is 16.6. The van der Waals surface area contributed by atoms with E-state index >= 15 is 0 Å². The number of piperazine rings is 1. The number of nitrogens with zero attached hydrogens (tertiary/aromatic N) is 4. The van der Waals surface area contributed by atoms with E-state index in [0.717, 1.165) is 38.5 Å². The van der Waals surface area contributed by atoms with E-state index in [9.17, 15) is 14.4 Å². The lowest BCUT2D eigenvalue weighted by Gasteiger charge is -2.37. The molecule has 0 bridgehead atoms. The molecular formula is C21H33N5O4. The minimum atomic E-state index is -0.305. The molecule has 0 aromatic carbocycles. The van der Waals surface area contributed by atoms with E-state index in [1.807, 2.05) is 4.90 Å². The maximum Gasteiger partial charge on any atom is 0.409 e. The van der Waals surface area contributed by atoms with Gasteiger partial charge < -0.3 is 24.8 Å². The van der Waals surface area contributed by atoms with Gasteiger partial charge in [0.15, 0.2) is 0 Å². The highest BCUT2D eigenvalue weighted by Gasteiger charge is 2.33. The molecule has 0 aromatic heterocycles. The number of rotatable bonds is 5. The smallest absolute Gasteiger partial charge is 0.409 e. The minimum absolute atomic E-state index is 0.00304. The number of likely N-dealkylation sites (tertiary alicyclic amines) is 1. The molecule has 2 heterocycles. The Morgan fingerprint density at radius 3 is 2.30 bits per heavy atom. The second-order valence-corrected chi connectivity index (χ2v) is 8.31. The fourth-order valence-corrected chi connectivity index (χ4v) is 4.66. The summed E-state index contributed by atoms with van der Waals surface area (Å²) in [6.45, 7) is 5.22. The van der Waals surface area contributed by atoms with E-state index in [1.54, 1.807) is 16.7 Å². The Balaban J connectivity index is 1.36. The average Bonchev–Trinajstić information content (AvgIpc) is 3.27. The number of hydrogen-bond acceptors (Lipinski definition) is 6. The summed E-state index contributed by atoms with van der Waals surface area (Å²) in [5.41, 5.74) is 0. The third-order valence-electron chi connectivity index (χ3n) is 6.46. The van der Waals surface area contributed by atoms with E-state index in [0.29, 0.717) is 39.3 Å². The van der Waals surface area contributed by atoms with Crippen LogP contribution in [0, 0.1) is 17.2 Å². The first-order valence-electron chi connectivity index (χ1n) is 11.2. The van der Waals surface area contributed by atoms with E-state index in [4.69, 9.17) is 10.00 Å².